The minimum atomic E-state index is 0.826. The molecule has 0 unspecified atom stereocenters. The molecule has 0 radical (unpaired) electrons. The minimum Gasteiger partial charge on any atom is -0.365 e. The van der Waals surface area contributed by atoms with E-state index in [0.717, 1.165) is 37.8 Å². The van der Waals surface area contributed by atoms with Crippen molar-refractivity contribution in [2.45, 2.75) is 13.8 Å². The van der Waals surface area contributed by atoms with E-state index in [2.05, 4.69) is 38.7 Å². The second-order valence-electron chi connectivity index (χ2n) is 5.17. The lowest BCUT2D eigenvalue weighted by atomic mass is 10.2. The minimum absolute atomic E-state index is 0.826. The van der Waals surface area contributed by atoms with Crippen LogP contribution in [0.2, 0.25) is 0 Å². The molecule has 0 bridgehead atoms. The monoisotopic (exact) mass is 272 g/mol. The van der Waals surface area contributed by atoms with Crippen LogP contribution in [0.5, 0.6) is 0 Å². The van der Waals surface area contributed by atoms with E-state index >= 15 is 0 Å². The highest BCUT2D eigenvalue weighted by atomic mass is 15.3. The molecule has 1 saturated heterocycles. The Hall–Kier alpha value is -2.11. The summed E-state index contributed by atoms with van der Waals surface area (Å²) in [5.74, 6) is 0.826. The summed E-state index contributed by atoms with van der Waals surface area (Å²) in [5.41, 5.74) is 3.61. The van der Waals surface area contributed by atoms with Crippen molar-refractivity contribution < 1.29 is 0 Å². The molecule has 0 aliphatic carbocycles. The SMILES string of the molecule is Cc1nn(C)c(C)c1N1CCN(c2ncccn2)CC1. The molecular formula is C14H20N6. The van der Waals surface area contributed by atoms with Crippen LogP contribution in [0.25, 0.3) is 0 Å². The van der Waals surface area contributed by atoms with Crippen LogP contribution >= 0.6 is 0 Å². The fourth-order valence-corrected chi connectivity index (χ4v) is 2.80. The second kappa shape index (κ2) is 5.11. The lowest BCUT2D eigenvalue weighted by Crippen LogP contribution is -2.47. The number of aromatic nitrogens is 4. The van der Waals surface area contributed by atoms with E-state index in [-0.39, 0.29) is 0 Å². The van der Waals surface area contributed by atoms with Gasteiger partial charge >= 0.3 is 0 Å². The maximum Gasteiger partial charge on any atom is 0.225 e. The summed E-state index contributed by atoms with van der Waals surface area (Å²) in [7, 11) is 2.00. The summed E-state index contributed by atoms with van der Waals surface area (Å²) in [4.78, 5) is 13.3. The second-order valence-corrected chi connectivity index (χ2v) is 5.17. The summed E-state index contributed by atoms with van der Waals surface area (Å²) >= 11 is 0. The molecule has 1 fully saturated rings. The van der Waals surface area contributed by atoms with Gasteiger partial charge in [-0.05, 0) is 19.9 Å². The quantitative estimate of drug-likeness (QED) is 0.821. The van der Waals surface area contributed by atoms with Gasteiger partial charge in [0.1, 0.15) is 0 Å². The summed E-state index contributed by atoms with van der Waals surface area (Å²) in [6.07, 6.45) is 3.59. The summed E-state index contributed by atoms with van der Waals surface area (Å²) < 4.78 is 1.96. The van der Waals surface area contributed by atoms with Gasteiger partial charge in [-0.2, -0.15) is 5.10 Å². The van der Waals surface area contributed by atoms with Crippen LogP contribution in [-0.2, 0) is 7.05 Å². The molecule has 0 amide bonds. The van der Waals surface area contributed by atoms with Crippen molar-refractivity contribution in [1.82, 2.24) is 19.7 Å². The number of rotatable bonds is 2. The van der Waals surface area contributed by atoms with Crippen molar-refractivity contribution >= 4 is 11.6 Å². The highest BCUT2D eigenvalue weighted by Gasteiger charge is 2.23. The van der Waals surface area contributed by atoms with Crippen molar-refractivity contribution in [3.8, 4) is 0 Å². The van der Waals surface area contributed by atoms with E-state index < -0.39 is 0 Å². The Morgan fingerprint density at radius 3 is 2.10 bits per heavy atom. The normalized spacial score (nSPS) is 15.8. The van der Waals surface area contributed by atoms with Gasteiger partial charge in [0.2, 0.25) is 5.95 Å². The van der Waals surface area contributed by atoms with Crippen LogP contribution in [0.4, 0.5) is 11.6 Å². The molecule has 20 heavy (non-hydrogen) atoms. The first-order valence-corrected chi connectivity index (χ1v) is 6.94. The largest absolute Gasteiger partial charge is 0.365 e. The van der Waals surface area contributed by atoms with Crippen LogP contribution in [0.15, 0.2) is 18.5 Å². The zero-order chi connectivity index (χ0) is 14.1. The molecule has 2 aromatic rings. The average Bonchev–Trinajstić information content (AvgIpc) is 2.73. The van der Waals surface area contributed by atoms with Gasteiger partial charge in [-0.25, -0.2) is 9.97 Å². The summed E-state index contributed by atoms with van der Waals surface area (Å²) in [5, 5.41) is 4.50. The lowest BCUT2D eigenvalue weighted by molar-refractivity contribution is 0.637. The van der Waals surface area contributed by atoms with Gasteiger partial charge in [0.15, 0.2) is 0 Å². The molecule has 0 saturated carbocycles. The van der Waals surface area contributed by atoms with E-state index in [9.17, 15) is 0 Å². The van der Waals surface area contributed by atoms with Crippen LogP contribution < -0.4 is 9.80 Å². The van der Waals surface area contributed by atoms with Crippen LogP contribution in [0.3, 0.4) is 0 Å². The van der Waals surface area contributed by atoms with Gasteiger partial charge < -0.3 is 9.80 Å². The van der Waals surface area contributed by atoms with Gasteiger partial charge in [0.05, 0.1) is 17.1 Å². The number of hydrogen-bond donors (Lipinski definition) is 0. The topological polar surface area (TPSA) is 50.1 Å². The number of hydrogen-bond acceptors (Lipinski definition) is 5. The number of piperazine rings is 1. The number of anilines is 2. The Morgan fingerprint density at radius 1 is 0.950 bits per heavy atom. The predicted octanol–water partition coefficient (Wildman–Crippen LogP) is 1.15. The predicted molar refractivity (Wildman–Crippen MR) is 79.1 cm³/mol. The maximum absolute atomic E-state index is 4.50. The third kappa shape index (κ3) is 2.21. The molecule has 6 heteroatoms. The average molecular weight is 272 g/mol. The molecule has 0 aromatic carbocycles. The van der Waals surface area contributed by atoms with Crippen LogP contribution in [-0.4, -0.2) is 45.9 Å². The first kappa shape index (κ1) is 12.9. The van der Waals surface area contributed by atoms with Gasteiger partial charge in [-0.15, -0.1) is 0 Å². The van der Waals surface area contributed by atoms with E-state index in [4.69, 9.17) is 0 Å². The number of aryl methyl sites for hydroxylation is 2. The third-order valence-electron chi connectivity index (χ3n) is 3.90. The molecule has 0 N–H and O–H groups in total. The van der Waals surface area contributed by atoms with Crippen molar-refractivity contribution in [3.05, 3.63) is 29.8 Å². The molecule has 0 atom stereocenters. The van der Waals surface area contributed by atoms with Gasteiger partial charge in [-0.3, -0.25) is 4.68 Å². The molecule has 2 aromatic heterocycles. The van der Waals surface area contributed by atoms with Crippen LogP contribution in [0.1, 0.15) is 11.4 Å². The Kier molecular flexibility index (Phi) is 3.30. The Balaban J connectivity index is 1.73. The van der Waals surface area contributed by atoms with Gasteiger partial charge in [0.25, 0.3) is 0 Å². The zero-order valence-corrected chi connectivity index (χ0v) is 12.2. The Morgan fingerprint density at radius 2 is 1.55 bits per heavy atom. The lowest BCUT2D eigenvalue weighted by Gasteiger charge is -2.36. The fraction of sp³-hybridized carbons (Fsp3) is 0.500. The van der Waals surface area contributed by atoms with E-state index in [0.29, 0.717) is 0 Å². The molecular weight excluding hydrogens is 252 g/mol. The molecule has 1 aliphatic heterocycles. The maximum atomic E-state index is 4.50. The highest BCUT2D eigenvalue weighted by Crippen LogP contribution is 2.25. The van der Waals surface area contributed by atoms with Crippen molar-refractivity contribution in [3.63, 3.8) is 0 Å². The molecule has 106 valence electrons. The standard InChI is InChI=1S/C14H20N6/c1-11-13(12(2)18(3)17-11)19-7-9-20(10-8-19)14-15-5-4-6-16-14/h4-6H,7-10H2,1-3H3. The highest BCUT2D eigenvalue weighted by molar-refractivity contribution is 5.56. The third-order valence-corrected chi connectivity index (χ3v) is 3.90. The van der Waals surface area contributed by atoms with E-state index in [1.165, 1.54) is 11.4 Å². The van der Waals surface area contributed by atoms with Gasteiger partial charge in [0, 0.05) is 45.6 Å². The van der Waals surface area contributed by atoms with Crippen molar-refractivity contribution in [2.24, 2.45) is 7.05 Å². The fourth-order valence-electron chi connectivity index (χ4n) is 2.80. The molecule has 6 nitrogen and oxygen atoms in total. The zero-order valence-electron chi connectivity index (χ0n) is 12.2. The Labute approximate surface area is 119 Å². The van der Waals surface area contributed by atoms with Crippen molar-refractivity contribution in [2.75, 3.05) is 36.0 Å². The first-order chi connectivity index (χ1) is 9.66. The summed E-state index contributed by atoms with van der Waals surface area (Å²) in [6.45, 7) is 8.05. The Bertz CT molecular complexity index is 583. The summed E-state index contributed by atoms with van der Waals surface area (Å²) in [6, 6.07) is 1.85. The number of nitrogens with zero attached hydrogens (tertiary/aromatic N) is 6. The molecule has 3 rings (SSSR count). The smallest absolute Gasteiger partial charge is 0.225 e. The molecule has 3 heterocycles. The first-order valence-electron chi connectivity index (χ1n) is 6.94. The van der Waals surface area contributed by atoms with E-state index in [1.807, 2.05) is 17.8 Å². The van der Waals surface area contributed by atoms with Crippen molar-refractivity contribution in [1.29, 1.82) is 0 Å². The van der Waals surface area contributed by atoms with Gasteiger partial charge in [-0.1, -0.05) is 0 Å². The molecule has 1 aliphatic rings. The van der Waals surface area contributed by atoms with Crippen LogP contribution in [0, 0.1) is 13.8 Å². The van der Waals surface area contributed by atoms with E-state index in [1.54, 1.807) is 12.4 Å². The molecule has 0 spiro atoms.